The highest BCUT2D eigenvalue weighted by atomic mass is 127. The normalized spacial score (nSPS) is 13.0. The molecule has 8 nitrogen and oxygen atoms in total. The molecule has 0 amide bonds. The van der Waals surface area contributed by atoms with Gasteiger partial charge < -0.3 is 20.5 Å². The lowest BCUT2D eigenvalue weighted by atomic mass is 10.1. The van der Waals surface area contributed by atoms with Gasteiger partial charge >= 0.3 is 6.61 Å². The molecule has 0 fully saturated rings. The molecule has 1 aromatic rings. The van der Waals surface area contributed by atoms with Crippen LogP contribution in [0.25, 0.3) is 0 Å². The number of aliphatic imine (C=N–C) groups is 1. The van der Waals surface area contributed by atoms with Crippen LogP contribution in [0.15, 0.2) is 29.3 Å². The van der Waals surface area contributed by atoms with Crippen molar-refractivity contribution in [3.05, 3.63) is 29.8 Å². The lowest BCUT2D eigenvalue weighted by Gasteiger charge is -2.14. The summed E-state index contributed by atoms with van der Waals surface area (Å²) >= 11 is 0. The molecule has 0 radical (unpaired) electrons. The number of aliphatic hydroxyl groups excluding tert-OH is 1. The number of benzene rings is 1. The Morgan fingerprint density at radius 2 is 1.82 bits per heavy atom. The second-order valence-corrected chi connectivity index (χ2v) is 7.50. The number of halogens is 3. The Morgan fingerprint density at radius 3 is 2.36 bits per heavy atom. The van der Waals surface area contributed by atoms with Crippen molar-refractivity contribution in [3.63, 3.8) is 0 Å². The van der Waals surface area contributed by atoms with Gasteiger partial charge in [0.25, 0.3) is 0 Å². The molecule has 1 atom stereocenters. The first-order chi connectivity index (χ1) is 12.8. The van der Waals surface area contributed by atoms with Crippen LogP contribution in [0.3, 0.4) is 0 Å². The molecule has 0 aromatic heterocycles. The van der Waals surface area contributed by atoms with Gasteiger partial charge in [0.2, 0.25) is 10.0 Å². The molecule has 0 saturated carbocycles. The average molecular weight is 536 g/mol. The van der Waals surface area contributed by atoms with Crippen LogP contribution in [0.5, 0.6) is 5.75 Å². The lowest BCUT2D eigenvalue weighted by Crippen LogP contribution is -2.42. The van der Waals surface area contributed by atoms with Gasteiger partial charge in [0, 0.05) is 19.6 Å². The van der Waals surface area contributed by atoms with Crippen molar-refractivity contribution in [2.75, 3.05) is 31.9 Å². The molecule has 1 aromatic carbocycles. The molecule has 12 heteroatoms. The maximum Gasteiger partial charge on any atom is 0.387 e. The van der Waals surface area contributed by atoms with Crippen LogP contribution in [-0.2, 0) is 10.0 Å². The third-order valence-electron chi connectivity index (χ3n) is 3.38. The van der Waals surface area contributed by atoms with Crippen molar-refractivity contribution < 1.29 is 27.0 Å². The number of aliphatic hydroxyl groups is 1. The van der Waals surface area contributed by atoms with E-state index < -0.39 is 22.7 Å². The van der Waals surface area contributed by atoms with Gasteiger partial charge in [-0.2, -0.15) is 8.78 Å². The summed E-state index contributed by atoms with van der Waals surface area (Å²) < 4.78 is 53.7. The summed E-state index contributed by atoms with van der Waals surface area (Å²) in [5.74, 6) is 0.438. The van der Waals surface area contributed by atoms with Crippen LogP contribution >= 0.6 is 24.0 Å². The Kier molecular flexibility index (Phi) is 13.2. The number of ether oxygens (including phenoxy) is 1. The third-order valence-corrected chi connectivity index (χ3v) is 4.78. The van der Waals surface area contributed by atoms with Crippen molar-refractivity contribution >= 4 is 40.0 Å². The molecule has 1 rings (SSSR count). The van der Waals surface area contributed by atoms with E-state index in [-0.39, 0.29) is 48.6 Å². The fraction of sp³-hybridized carbons (Fsp3) is 0.562. The fourth-order valence-corrected chi connectivity index (χ4v) is 2.60. The highest BCUT2D eigenvalue weighted by molar-refractivity contribution is 14.0. The smallest absolute Gasteiger partial charge is 0.387 e. The molecular formula is C16H27F2IN4O4S. The summed E-state index contributed by atoms with van der Waals surface area (Å²) in [5, 5.41) is 16.1. The van der Waals surface area contributed by atoms with Crippen molar-refractivity contribution in [2.45, 2.75) is 26.6 Å². The number of alkyl halides is 2. The zero-order valence-corrected chi connectivity index (χ0v) is 18.8. The van der Waals surface area contributed by atoms with E-state index in [1.165, 1.54) is 24.3 Å². The van der Waals surface area contributed by atoms with Crippen molar-refractivity contribution in [1.29, 1.82) is 0 Å². The van der Waals surface area contributed by atoms with Crippen LogP contribution in [0.4, 0.5) is 8.78 Å². The Morgan fingerprint density at radius 1 is 1.18 bits per heavy atom. The molecule has 0 aliphatic heterocycles. The standard InChI is InChI=1S/C16H26F2N4O4S.HI/c1-3-19-16(20-9-10-22-27(24,25)4-2)21-11-14(23)12-5-7-13(8-6-12)26-15(17)18;/h5-8,14-15,22-23H,3-4,9-11H2,1-2H3,(H2,19,20,21);1H. The monoisotopic (exact) mass is 536 g/mol. The maximum absolute atomic E-state index is 12.1. The van der Waals surface area contributed by atoms with Gasteiger partial charge in [-0.3, -0.25) is 4.99 Å². The second kappa shape index (κ2) is 13.8. The van der Waals surface area contributed by atoms with Gasteiger partial charge in [-0.15, -0.1) is 24.0 Å². The largest absolute Gasteiger partial charge is 0.435 e. The summed E-state index contributed by atoms with van der Waals surface area (Å²) in [5.41, 5.74) is 0.506. The Bertz CT molecular complexity index is 690. The van der Waals surface area contributed by atoms with E-state index in [2.05, 4.69) is 25.1 Å². The molecule has 0 bridgehead atoms. The predicted octanol–water partition coefficient (Wildman–Crippen LogP) is 1.43. The number of rotatable bonds is 11. The van der Waals surface area contributed by atoms with Crippen LogP contribution in [-0.4, -0.2) is 58.0 Å². The molecule has 4 N–H and O–H groups in total. The molecule has 28 heavy (non-hydrogen) atoms. The van der Waals surface area contributed by atoms with Crippen LogP contribution in [0.1, 0.15) is 25.5 Å². The summed E-state index contributed by atoms with van der Waals surface area (Å²) in [6.45, 7) is 1.66. The fourth-order valence-electron chi connectivity index (χ4n) is 1.99. The van der Waals surface area contributed by atoms with E-state index in [0.717, 1.165) is 0 Å². The zero-order chi connectivity index (χ0) is 20.3. The third kappa shape index (κ3) is 10.9. The SMILES string of the molecule is CCNC(=NCC(O)c1ccc(OC(F)F)cc1)NCCNS(=O)(=O)CC.I. The maximum atomic E-state index is 12.1. The minimum atomic E-state index is -3.25. The van der Waals surface area contributed by atoms with Gasteiger partial charge in [-0.05, 0) is 31.5 Å². The van der Waals surface area contributed by atoms with E-state index in [9.17, 15) is 22.3 Å². The summed E-state index contributed by atoms with van der Waals surface area (Å²) in [4.78, 5) is 4.23. The number of hydrogen-bond donors (Lipinski definition) is 4. The summed E-state index contributed by atoms with van der Waals surface area (Å²) in [7, 11) is -3.25. The minimum absolute atomic E-state index is 0. The van der Waals surface area contributed by atoms with Crippen LogP contribution in [0, 0.1) is 0 Å². The lowest BCUT2D eigenvalue weighted by molar-refractivity contribution is -0.0498. The molecule has 0 spiro atoms. The van der Waals surface area contributed by atoms with Crippen LogP contribution in [0.2, 0.25) is 0 Å². The van der Waals surface area contributed by atoms with E-state index in [0.29, 0.717) is 24.6 Å². The summed E-state index contributed by atoms with van der Waals surface area (Å²) in [6, 6.07) is 5.66. The van der Waals surface area contributed by atoms with Gasteiger partial charge in [-0.1, -0.05) is 12.1 Å². The molecular weight excluding hydrogens is 509 g/mol. The van der Waals surface area contributed by atoms with Crippen molar-refractivity contribution in [2.24, 2.45) is 4.99 Å². The molecule has 0 aliphatic carbocycles. The predicted molar refractivity (Wildman–Crippen MR) is 115 cm³/mol. The van der Waals surface area contributed by atoms with Crippen molar-refractivity contribution in [1.82, 2.24) is 15.4 Å². The highest BCUT2D eigenvalue weighted by Gasteiger charge is 2.10. The average Bonchev–Trinajstić information content (AvgIpc) is 2.63. The Balaban J connectivity index is 0.00000729. The molecule has 0 aliphatic rings. The second-order valence-electron chi connectivity index (χ2n) is 5.41. The molecule has 1 unspecified atom stereocenters. The zero-order valence-electron chi connectivity index (χ0n) is 15.7. The number of hydrogen-bond acceptors (Lipinski definition) is 5. The first kappa shape index (κ1) is 26.8. The number of guanidine groups is 1. The van der Waals surface area contributed by atoms with Gasteiger partial charge in [0.05, 0.1) is 18.4 Å². The summed E-state index contributed by atoms with van der Waals surface area (Å²) in [6.07, 6.45) is -0.931. The molecule has 162 valence electrons. The first-order valence-electron chi connectivity index (χ1n) is 8.49. The minimum Gasteiger partial charge on any atom is -0.435 e. The quantitative estimate of drug-likeness (QED) is 0.148. The van der Waals surface area contributed by atoms with Crippen LogP contribution < -0.4 is 20.1 Å². The van der Waals surface area contributed by atoms with Gasteiger partial charge in [0.1, 0.15) is 5.75 Å². The Labute approximate surface area is 181 Å². The highest BCUT2D eigenvalue weighted by Crippen LogP contribution is 2.19. The number of sulfonamides is 1. The number of nitrogens with one attached hydrogen (secondary N) is 3. The molecule has 0 heterocycles. The number of nitrogens with zero attached hydrogens (tertiary/aromatic N) is 1. The van der Waals surface area contributed by atoms with Crippen molar-refractivity contribution in [3.8, 4) is 5.75 Å². The molecule has 0 saturated heterocycles. The van der Waals surface area contributed by atoms with Gasteiger partial charge in [-0.25, -0.2) is 13.1 Å². The van der Waals surface area contributed by atoms with E-state index in [1.54, 1.807) is 6.92 Å². The topological polar surface area (TPSA) is 112 Å². The van der Waals surface area contributed by atoms with E-state index >= 15 is 0 Å². The van der Waals surface area contributed by atoms with Gasteiger partial charge in [0.15, 0.2) is 5.96 Å². The first-order valence-corrected chi connectivity index (χ1v) is 10.1. The van der Waals surface area contributed by atoms with E-state index in [4.69, 9.17) is 0 Å². The Hall–Kier alpha value is -1.25. The van der Waals surface area contributed by atoms with E-state index in [1.807, 2.05) is 6.92 Å².